The van der Waals surface area contributed by atoms with Gasteiger partial charge in [0.2, 0.25) is 5.91 Å². The van der Waals surface area contributed by atoms with Gasteiger partial charge >= 0.3 is 0 Å². The first kappa shape index (κ1) is 22.9. The third kappa shape index (κ3) is 4.71. The number of benzene rings is 1. The maximum Gasteiger partial charge on any atom is 0.275 e. The predicted molar refractivity (Wildman–Crippen MR) is 124 cm³/mol. The summed E-state index contributed by atoms with van der Waals surface area (Å²) in [5.41, 5.74) is 0.441. The van der Waals surface area contributed by atoms with Crippen molar-refractivity contribution in [3.8, 4) is 0 Å². The number of carbonyl (C=O) groups is 1. The number of likely N-dealkylation sites (tertiary alicyclic amines) is 1. The highest BCUT2D eigenvalue weighted by molar-refractivity contribution is 7.92. The Hall–Kier alpha value is -2.32. The van der Waals surface area contributed by atoms with Gasteiger partial charge in [0.15, 0.2) is 0 Å². The number of halogens is 1. The second kappa shape index (κ2) is 8.23. The number of nitrogens with zero attached hydrogens (tertiary/aromatic N) is 2. The molecule has 1 saturated heterocycles. The molecule has 1 N–H and O–H groups in total. The van der Waals surface area contributed by atoms with E-state index in [-0.39, 0.29) is 39.3 Å². The third-order valence-corrected chi connectivity index (χ3v) is 7.64. The van der Waals surface area contributed by atoms with Crippen LogP contribution in [0.15, 0.2) is 46.1 Å². The second-order valence-corrected chi connectivity index (χ2v) is 12.1. The Morgan fingerprint density at radius 1 is 1.09 bits per heavy atom. The summed E-state index contributed by atoms with van der Waals surface area (Å²) in [7, 11) is -3.91. The number of piperidine rings is 1. The van der Waals surface area contributed by atoms with E-state index in [2.05, 4.69) is 25.5 Å². The zero-order valence-corrected chi connectivity index (χ0v) is 20.0. The molecule has 4 rings (SSSR count). The van der Waals surface area contributed by atoms with Crippen LogP contribution in [0.3, 0.4) is 0 Å². The monoisotopic (exact) mass is 477 g/mol. The second-order valence-electron chi connectivity index (χ2n) is 9.98. The van der Waals surface area contributed by atoms with Gasteiger partial charge in [0.05, 0.1) is 4.90 Å². The number of sulfonamides is 1. The highest BCUT2D eigenvalue weighted by atomic mass is 35.5. The van der Waals surface area contributed by atoms with Gasteiger partial charge in [0, 0.05) is 42.7 Å². The summed E-state index contributed by atoms with van der Waals surface area (Å²) < 4.78 is 29.5. The lowest BCUT2D eigenvalue weighted by Gasteiger charge is -2.43. The normalized spacial score (nSPS) is 20.6. The fourth-order valence-electron chi connectivity index (χ4n) is 4.61. The number of fused-ring (bicyclic) bond motifs is 4. The molecule has 1 amide bonds. The van der Waals surface area contributed by atoms with Crippen LogP contribution in [0.2, 0.25) is 5.02 Å². The van der Waals surface area contributed by atoms with Gasteiger partial charge in [-0.25, -0.2) is 8.42 Å². The summed E-state index contributed by atoms with van der Waals surface area (Å²) in [6.45, 7) is 7.84. The number of hydrogen-bond acceptors (Lipinski definition) is 4. The number of amides is 1. The zero-order valence-electron chi connectivity index (χ0n) is 18.5. The largest absolute Gasteiger partial charge is 0.342 e. The highest BCUT2D eigenvalue weighted by Gasteiger charge is 2.37. The number of anilines is 1. The van der Waals surface area contributed by atoms with Gasteiger partial charge in [0.1, 0.15) is 5.69 Å². The van der Waals surface area contributed by atoms with E-state index in [0.29, 0.717) is 31.1 Å². The molecule has 2 unspecified atom stereocenters. The molecule has 0 radical (unpaired) electrons. The number of carbonyl (C=O) groups excluding carboxylic acids is 1. The SMILES string of the molecule is CC(C)(C)CC(=O)N1CC2CC(C1)c1ccc(NS(=O)(=O)c3ccc(Cl)cc3)c(=O)n1C2. The summed E-state index contributed by atoms with van der Waals surface area (Å²) >= 11 is 5.84. The van der Waals surface area contributed by atoms with Crippen LogP contribution in [0.1, 0.15) is 45.2 Å². The van der Waals surface area contributed by atoms with Gasteiger partial charge in [-0.1, -0.05) is 32.4 Å². The van der Waals surface area contributed by atoms with Crippen LogP contribution < -0.4 is 10.3 Å². The van der Waals surface area contributed by atoms with E-state index in [1.165, 1.54) is 30.3 Å². The Bertz CT molecular complexity index is 1200. The maximum absolute atomic E-state index is 13.1. The molecule has 2 atom stereocenters. The van der Waals surface area contributed by atoms with E-state index in [1.54, 1.807) is 10.6 Å². The van der Waals surface area contributed by atoms with E-state index in [1.807, 2.05) is 4.90 Å². The fourth-order valence-corrected chi connectivity index (χ4v) is 5.79. The first-order valence-electron chi connectivity index (χ1n) is 10.7. The van der Waals surface area contributed by atoms with Gasteiger partial charge in [-0.15, -0.1) is 0 Å². The molecule has 172 valence electrons. The van der Waals surface area contributed by atoms with Crippen molar-refractivity contribution in [2.75, 3.05) is 17.8 Å². The van der Waals surface area contributed by atoms with E-state index >= 15 is 0 Å². The van der Waals surface area contributed by atoms with Crippen molar-refractivity contribution in [2.45, 2.75) is 51.0 Å². The molecule has 3 heterocycles. The molecule has 0 aliphatic carbocycles. The van der Waals surface area contributed by atoms with E-state index in [9.17, 15) is 18.0 Å². The summed E-state index contributed by atoms with van der Waals surface area (Å²) in [4.78, 5) is 27.9. The van der Waals surface area contributed by atoms with Gasteiger partial charge < -0.3 is 9.47 Å². The number of hydrogen-bond donors (Lipinski definition) is 1. The number of nitrogens with one attached hydrogen (secondary N) is 1. The lowest BCUT2D eigenvalue weighted by atomic mass is 9.82. The Labute approximate surface area is 193 Å². The highest BCUT2D eigenvalue weighted by Crippen LogP contribution is 2.36. The Kier molecular flexibility index (Phi) is 5.88. The minimum Gasteiger partial charge on any atom is -0.342 e. The van der Waals surface area contributed by atoms with Gasteiger partial charge in [-0.05, 0) is 54.2 Å². The average Bonchev–Trinajstić information content (AvgIpc) is 2.69. The van der Waals surface area contributed by atoms with Crippen LogP contribution in [0.5, 0.6) is 0 Å². The lowest BCUT2D eigenvalue weighted by Crippen LogP contribution is -2.49. The number of aromatic nitrogens is 1. The molecule has 1 aromatic heterocycles. The van der Waals surface area contributed by atoms with Crippen molar-refractivity contribution in [3.05, 3.63) is 57.5 Å². The molecule has 2 aromatic rings. The van der Waals surface area contributed by atoms with E-state index in [4.69, 9.17) is 11.6 Å². The molecule has 7 nitrogen and oxygen atoms in total. The smallest absolute Gasteiger partial charge is 0.275 e. The molecule has 32 heavy (non-hydrogen) atoms. The minimum absolute atomic E-state index is 0.0179. The quantitative estimate of drug-likeness (QED) is 0.727. The van der Waals surface area contributed by atoms with Crippen LogP contribution in [0.25, 0.3) is 0 Å². The molecular formula is C23H28ClN3O4S. The van der Waals surface area contributed by atoms with Crippen molar-refractivity contribution in [2.24, 2.45) is 11.3 Å². The molecular weight excluding hydrogens is 450 g/mol. The van der Waals surface area contributed by atoms with Crippen LogP contribution in [-0.2, 0) is 21.4 Å². The molecule has 1 aromatic carbocycles. The van der Waals surface area contributed by atoms with Crippen molar-refractivity contribution in [1.29, 1.82) is 0 Å². The van der Waals surface area contributed by atoms with Gasteiger partial charge in [-0.2, -0.15) is 0 Å². The standard InChI is InChI=1S/C23H28ClN3O4S/c1-23(2,3)11-21(28)26-12-15-10-16(14-26)20-9-8-19(22(29)27(20)13-15)25-32(30,31)18-6-4-17(24)5-7-18/h4-9,15-16,25H,10-14H2,1-3H3. The van der Waals surface area contributed by atoms with E-state index in [0.717, 1.165) is 12.1 Å². The van der Waals surface area contributed by atoms with Crippen molar-refractivity contribution < 1.29 is 13.2 Å². The Morgan fingerprint density at radius 2 is 1.78 bits per heavy atom. The summed E-state index contributed by atoms with van der Waals surface area (Å²) in [5.74, 6) is 0.391. The minimum atomic E-state index is -3.91. The molecule has 2 bridgehead atoms. The van der Waals surface area contributed by atoms with E-state index < -0.39 is 10.0 Å². The van der Waals surface area contributed by atoms with Crippen molar-refractivity contribution >= 4 is 33.2 Å². The summed E-state index contributed by atoms with van der Waals surface area (Å²) in [6.07, 6.45) is 1.42. The van der Waals surface area contributed by atoms with Crippen molar-refractivity contribution in [3.63, 3.8) is 0 Å². The molecule has 1 fully saturated rings. The lowest BCUT2D eigenvalue weighted by molar-refractivity contribution is -0.135. The molecule has 0 spiro atoms. The fraction of sp³-hybridized carbons (Fsp3) is 0.478. The molecule has 2 aliphatic rings. The van der Waals surface area contributed by atoms with Gasteiger partial charge in [-0.3, -0.25) is 14.3 Å². The first-order valence-corrected chi connectivity index (χ1v) is 12.6. The topological polar surface area (TPSA) is 88.5 Å². The maximum atomic E-state index is 13.1. The summed E-state index contributed by atoms with van der Waals surface area (Å²) in [6, 6.07) is 9.10. The average molecular weight is 478 g/mol. The molecule has 9 heteroatoms. The molecule has 2 aliphatic heterocycles. The summed E-state index contributed by atoms with van der Waals surface area (Å²) in [5, 5.41) is 0.430. The number of rotatable bonds is 4. The van der Waals surface area contributed by atoms with Crippen molar-refractivity contribution in [1.82, 2.24) is 9.47 Å². The van der Waals surface area contributed by atoms with Crippen LogP contribution in [0, 0.1) is 11.3 Å². The van der Waals surface area contributed by atoms with Crippen LogP contribution in [0.4, 0.5) is 5.69 Å². The first-order chi connectivity index (χ1) is 14.9. The van der Waals surface area contributed by atoms with Crippen LogP contribution >= 0.6 is 11.6 Å². The zero-order chi connectivity index (χ0) is 23.3. The van der Waals surface area contributed by atoms with Gasteiger partial charge in [0.25, 0.3) is 15.6 Å². The Balaban J connectivity index is 1.58. The third-order valence-electron chi connectivity index (χ3n) is 6.01. The predicted octanol–water partition coefficient (Wildman–Crippen LogP) is 3.68. The number of pyridine rings is 1. The Morgan fingerprint density at radius 3 is 2.44 bits per heavy atom. The van der Waals surface area contributed by atoms with Crippen LogP contribution in [-0.4, -0.2) is 36.9 Å². The molecule has 0 saturated carbocycles.